The number of imidazole rings is 1. The van der Waals surface area contributed by atoms with E-state index in [-0.39, 0.29) is 0 Å². The fourth-order valence-corrected chi connectivity index (χ4v) is 4.95. The molecule has 4 rings (SSSR count). The Balaban J connectivity index is 1.56. The van der Waals surface area contributed by atoms with Gasteiger partial charge in [0.15, 0.2) is 6.29 Å². The molecule has 0 bridgehead atoms. The fourth-order valence-electron chi connectivity index (χ4n) is 3.23. The summed E-state index contributed by atoms with van der Waals surface area (Å²) in [5.74, 6) is 0.616. The lowest BCUT2D eigenvalue weighted by atomic mass is 9.97. The van der Waals surface area contributed by atoms with Crippen LogP contribution in [0.15, 0.2) is 71.1 Å². The molecule has 0 saturated carbocycles. The molecule has 1 fully saturated rings. The van der Waals surface area contributed by atoms with Gasteiger partial charge in [0, 0.05) is 38.7 Å². The van der Waals surface area contributed by atoms with Crippen LogP contribution < -0.4 is 0 Å². The first-order chi connectivity index (χ1) is 14.6. The van der Waals surface area contributed by atoms with Crippen LogP contribution in [0.1, 0.15) is 5.56 Å². The van der Waals surface area contributed by atoms with E-state index in [2.05, 4.69) is 27.4 Å². The Morgan fingerprint density at radius 3 is 2.80 bits per heavy atom. The maximum atomic E-state index is 6.55. The van der Waals surface area contributed by atoms with Gasteiger partial charge in [0.25, 0.3) is 0 Å². The summed E-state index contributed by atoms with van der Waals surface area (Å²) >= 11 is 19.0. The van der Waals surface area contributed by atoms with Crippen molar-refractivity contribution in [1.29, 1.82) is 0 Å². The van der Waals surface area contributed by atoms with Crippen molar-refractivity contribution >= 4 is 58.0 Å². The molecule has 5 nitrogen and oxygen atoms in total. The van der Waals surface area contributed by atoms with Gasteiger partial charge in [-0.25, -0.2) is 4.98 Å². The third kappa shape index (κ3) is 4.95. The number of hydrogen-bond acceptors (Lipinski definition) is 6. The van der Waals surface area contributed by atoms with Crippen LogP contribution in [0.5, 0.6) is 0 Å². The van der Waals surface area contributed by atoms with Gasteiger partial charge in [0.2, 0.25) is 0 Å². The standard InChI is InChI=1S/C21H17Cl2N3O2S2/c22-15-1-6-18(19(23)9-15)21(11-27-20(28-21)10-26-8-7-24-13-26)12-30-17-4-2-16(3-5-17)25-14-29/h1-9,13,20H,10-12H2. The van der Waals surface area contributed by atoms with E-state index in [1.54, 1.807) is 30.4 Å². The van der Waals surface area contributed by atoms with E-state index in [1.165, 1.54) is 0 Å². The Kier molecular flexibility index (Phi) is 6.91. The lowest BCUT2D eigenvalue weighted by Crippen LogP contribution is -2.33. The molecule has 0 aliphatic carbocycles. The highest BCUT2D eigenvalue weighted by molar-refractivity contribution is 7.99. The minimum atomic E-state index is -0.706. The van der Waals surface area contributed by atoms with E-state index in [0.29, 0.717) is 28.9 Å². The van der Waals surface area contributed by atoms with Crippen molar-refractivity contribution in [2.45, 2.75) is 23.3 Å². The number of nitrogens with zero attached hydrogens (tertiary/aromatic N) is 3. The highest BCUT2D eigenvalue weighted by atomic mass is 35.5. The first-order valence-corrected chi connectivity index (χ1v) is 11.2. The van der Waals surface area contributed by atoms with Crippen LogP contribution in [-0.4, -0.2) is 33.4 Å². The molecule has 0 N–H and O–H groups in total. The van der Waals surface area contributed by atoms with Gasteiger partial charge < -0.3 is 14.0 Å². The number of isothiocyanates is 1. The minimum Gasteiger partial charge on any atom is -0.347 e. The number of ether oxygens (including phenoxy) is 2. The molecule has 2 heterocycles. The molecule has 3 aromatic rings. The average molecular weight is 478 g/mol. The largest absolute Gasteiger partial charge is 0.347 e. The lowest BCUT2D eigenvalue weighted by molar-refractivity contribution is -0.0928. The molecule has 1 aliphatic heterocycles. The Hall–Kier alpha value is -1.70. The maximum Gasteiger partial charge on any atom is 0.176 e. The zero-order valence-electron chi connectivity index (χ0n) is 15.7. The van der Waals surface area contributed by atoms with Crippen molar-refractivity contribution in [2.75, 3.05) is 12.4 Å². The topological polar surface area (TPSA) is 48.6 Å². The summed E-state index contributed by atoms with van der Waals surface area (Å²) in [4.78, 5) is 9.13. The third-order valence-corrected chi connectivity index (χ3v) is 6.54. The number of halogens is 2. The maximum absolute atomic E-state index is 6.55. The Morgan fingerprint density at radius 2 is 2.10 bits per heavy atom. The zero-order chi connectivity index (χ0) is 21.0. The average Bonchev–Trinajstić information content (AvgIpc) is 3.39. The van der Waals surface area contributed by atoms with Crippen LogP contribution in [0.4, 0.5) is 5.69 Å². The molecule has 9 heteroatoms. The van der Waals surface area contributed by atoms with Crippen LogP contribution >= 0.6 is 47.2 Å². The number of hydrogen-bond donors (Lipinski definition) is 0. The van der Waals surface area contributed by atoms with Crippen molar-refractivity contribution < 1.29 is 9.47 Å². The molecule has 1 aliphatic rings. The number of thiocarbonyl (C=S) groups is 1. The quantitative estimate of drug-likeness (QED) is 0.237. The summed E-state index contributed by atoms with van der Waals surface area (Å²) < 4.78 is 14.4. The first-order valence-electron chi connectivity index (χ1n) is 9.09. The molecule has 2 aromatic carbocycles. The Morgan fingerprint density at radius 1 is 1.27 bits per heavy atom. The second-order valence-electron chi connectivity index (χ2n) is 6.72. The molecular formula is C21H17Cl2N3O2S2. The molecule has 30 heavy (non-hydrogen) atoms. The van der Waals surface area contributed by atoms with Crippen molar-refractivity contribution in [1.82, 2.24) is 9.55 Å². The molecule has 0 spiro atoms. The first kappa shape index (κ1) is 21.5. The van der Waals surface area contributed by atoms with E-state index in [9.17, 15) is 0 Å². The normalized spacial score (nSPS) is 20.8. The molecule has 1 aromatic heterocycles. The van der Waals surface area contributed by atoms with Crippen molar-refractivity contribution in [2.24, 2.45) is 4.99 Å². The van der Waals surface area contributed by atoms with E-state index in [1.807, 2.05) is 47.2 Å². The number of aliphatic imine (C=N–C) groups is 1. The highest BCUT2D eigenvalue weighted by Crippen LogP contribution is 2.42. The predicted molar refractivity (Wildman–Crippen MR) is 123 cm³/mol. The van der Waals surface area contributed by atoms with E-state index < -0.39 is 11.9 Å². The fraction of sp³-hybridized carbons (Fsp3) is 0.238. The van der Waals surface area contributed by atoms with Crippen LogP contribution in [0, 0.1) is 0 Å². The number of rotatable bonds is 7. The van der Waals surface area contributed by atoms with Gasteiger partial charge in [-0.3, -0.25) is 0 Å². The number of aromatic nitrogens is 2. The smallest absolute Gasteiger partial charge is 0.176 e. The van der Waals surface area contributed by atoms with Gasteiger partial charge in [-0.2, -0.15) is 4.99 Å². The monoisotopic (exact) mass is 477 g/mol. The summed E-state index contributed by atoms with van der Waals surface area (Å²) in [5.41, 5.74) is 0.921. The summed E-state index contributed by atoms with van der Waals surface area (Å²) in [6.07, 6.45) is 4.93. The lowest BCUT2D eigenvalue weighted by Gasteiger charge is -2.29. The van der Waals surface area contributed by atoms with E-state index >= 15 is 0 Å². The summed E-state index contributed by atoms with van der Waals surface area (Å²) in [5, 5.41) is 3.51. The van der Waals surface area contributed by atoms with Crippen LogP contribution in [0.25, 0.3) is 0 Å². The molecule has 2 atom stereocenters. The summed E-state index contributed by atoms with van der Waals surface area (Å²) in [7, 11) is 0. The van der Waals surface area contributed by atoms with Gasteiger partial charge in [0.05, 0.1) is 30.3 Å². The van der Waals surface area contributed by atoms with Gasteiger partial charge in [-0.05, 0) is 48.6 Å². The highest BCUT2D eigenvalue weighted by Gasteiger charge is 2.44. The van der Waals surface area contributed by atoms with Crippen molar-refractivity contribution in [3.05, 3.63) is 76.8 Å². The molecular weight excluding hydrogens is 461 g/mol. The molecule has 0 amide bonds. The second kappa shape index (κ2) is 9.62. The van der Waals surface area contributed by atoms with Gasteiger partial charge in [0.1, 0.15) is 5.60 Å². The SMILES string of the molecule is S=C=Nc1ccc(SCC2(c3ccc(Cl)cc3Cl)COC(Cn3ccnc3)O2)cc1. The van der Waals surface area contributed by atoms with Crippen LogP contribution in [0.2, 0.25) is 10.0 Å². The minimum absolute atomic E-state index is 0.383. The summed E-state index contributed by atoms with van der Waals surface area (Å²) in [6, 6.07) is 13.2. The van der Waals surface area contributed by atoms with Gasteiger partial charge >= 0.3 is 0 Å². The zero-order valence-corrected chi connectivity index (χ0v) is 18.8. The predicted octanol–water partition coefficient (Wildman–Crippen LogP) is 5.98. The Labute approximate surface area is 194 Å². The van der Waals surface area contributed by atoms with E-state index in [0.717, 1.165) is 16.1 Å². The van der Waals surface area contributed by atoms with Gasteiger partial charge in [-0.15, -0.1) is 11.8 Å². The third-order valence-electron chi connectivity index (χ3n) is 4.68. The molecule has 154 valence electrons. The van der Waals surface area contributed by atoms with Crippen molar-refractivity contribution in [3.63, 3.8) is 0 Å². The number of benzene rings is 2. The van der Waals surface area contributed by atoms with Gasteiger partial charge in [-0.1, -0.05) is 29.3 Å². The summed E-state index contributed by atoms with van der Waals surface area (Å²) in [6.45, 7) is 0.926. The molecule has 2 unspecified atom stereocenters. The van der Waals surface area contributed by atoms with Crippen molar-refractivity contribution in [3.8, 4) is 0 Å². The van der Waals surface area contributed by atoms with Crippen LogP contribution in [-0.2, 0) is 21.6 Å². The molecule has 1 saturated heterocycles. The van der Waals surface area contributed by atoms with E-state index in [4.69, 9.17) is 32.7 Å². The molecule has 0 radical (unpaired) electrons. The second-order valence-corrected chi connectivity index (χ2v) is 8.80. The van der Waals surface area contributed by atoms with Crippen LogP contribution in [0.3, 0.4) is 0 Å². The number of thioether (sulfide) groups is 1. The Bertz CT molecular complexity index is 1060.